The molecule has 1 aromatic rings. The minimum absolute atomic E-state index is 0.0732. The van der Waals surface area contributed by atoms with Crippen molar-refractivity contribution in [2.75, 3.05) is 18.0 Å². The first-order valence-electron chi connectivity index (χ1n) is 5.63. The molecule has 1 aliphatic heterocycles. The minimum atomic E-state index is 0.0732. The van der Waals surface area contributed by atoms with Gasteiger partial charge >= 0.3 is 0 Å². The molecule has 0 saturated carbocycles. The summed E-state index contributed by atoms with van der Waals surface area (Å²) in [7, 11) is 0. The maximum Gasteiger partial charge on any atom is 0.128 e. The van der Waals surface area contributed by atoms with Gasteiger partial charge in [0.2, 0.25) is 0 Å². The molecule has 0 aromatic carbocycles. The Hall–Kier alpha value is -1.09. The number of rotatable bonds is 2. The Labute approximate surface area is 91.3 Å². The molecule has 0 bridgehead atoms. The second kappa shape index (κ2) is 4.19. The lowest BCUT2D eigenvalue weighted by Gasteiger charge is -2.17. The van der Waals surface area contributed by atoms with Crippen LogP contribution in [0.2, 0.25) is 0 Å². The summed E-state index contributed by atoms with van der Waals surface area (Å²) in [5.41, 5.74) is 6.89. The van der Waals surface area contributed by atoms with Crippen LogP contribution in [-0.4, -0.2) is 18.1 Å². The van der Waals surface area contributed by atoms with Gasteiger partial charge in [0.15, 0.2) is 0 Å². The zero-order chi connectivity index (χ0) is 10.8. The van der Waals surface area contributed by atoms with Gasteiger partial charge in [0.05, 0.1) is 0 Å². The summed E-state index contributed by atoms with van der Waals surface area (Å²) in [5, 5.41) is 0. The van der Waals surface area contributed by atoms with Gasteiger partial charge < -0.3 is 10.6 Å². The molecular formula is C12H19N3. The van der Waals surface area contributed by atoms with Crippen LogP contribution in [0.15, 0.2) is 18.3 Å². The van der Waals surface area contributed by atoms with Gasteiger partial charge in [0, 0.05) is 25.3 Å². The van der Waals surface area contributed by atoms with Crippen molar-refractivity contribution < 1.29 is 0 Å². The molecule has 82 valence electrons. The fourth-order valence-corrected chi connectivity index (χ4v) is 2.00. The highest BCUT2D eigenvalue weighted by Gasteiger charge is 2.19. The van der Waals surface area contributed by atoms with Crippen LogP contribution >= 0.6 is 0 Å². The van der Waals surface area contributed by atoms with Crippen LogP contribution < -0.4 is 10.6 Å². The Morgan fingerprint density at radius 2 is 2.33 bits per heavy atom. The van der Waals surface area contributed by atoms with Crippen LogP contribution in [0.25, 0.3) is 0 Å². The highest BCUT2D eigenvalue weighted by molar-refractivity contribution is 5.40. The van der Waals surface area contributed by atoms with E-state index in [1.165, 1.54) is 6.42 Å². The highest BCUT2D eigenvalue weighted by atomic mass is 15.2. The van der Waals surface area contributed by atoms with Crippen LogP contribution in [0.1, 0.15) is 31.9 Å². The number of nitrogens with two attached hydrogens (primary N) is 1. The Bertz CT molecular complexity index is 318. The van der Waals surface area contributed by atoms with Crippen LogP contribution in [0.5, 0.6) is 0 Å². The average Bonchev–Trinajstić information content (AvgIpc) is 2.65. The number of nitrogens with zero attached hydrogens (tertiary/aromatic N) is 2. The Balaban J connectivity index is 2.10. The summed E-state index contributed by atoms with van der Waals surface area (Å²) in [6.07, 6.45) is 3.17. The largest absolute Gasteiger partial charge is 0.356 e. The maximum absolute atomic E-state index is 5.79. The third-order valence-corrected chi connectivity index (χ3v) is 3.04. The lowest BCUT2D eigenvalue weighted by Crippen LogP contribution is -2.20. The normalized spacial score (nSPS) is 23.1. The van der Waals surface area contributed by atoms with Gasteiger partial charge in [-0.15, -0.1) is 0 Å². The second-order valence-corrected chi connectivity index (χ2v) is 4.58. The molecule has 1 fully saturated rings. The summed E-state index contributed by atoms with van der Waals surface area (Å²) >= 11 is 0. The third kappa shape index (κ3) is 2.29. The summed E-state index contributed by atoms with van der Waals surface area (Å²) in [5.74, 6) is 1.88. The molecule has 0 aliphatic carbocycles. The van der Waals surface area contributed by atoms with Crippen LogP contribution in [0.4, 0.5) is 5.82 Å². The lowest BCUT2D eigenvalue weighted by atomic mass is 10.1. The van der Waals surface area contributed by atoms with E-state index in [2.05, 4.69) is 28.9 Å². The van der Waals surface area contributed by atoms with Gasteiger partial charge in [-0.2, -0.15) is 0 Å². The van der Waals surface area contributed by atoms with Crippen molar-refractivity contribution in [1.82, 2.24) is 4.98 Å². The number of aromatic nitrogens is 1. The van der Waals surface area contributed by atoms with E-state index in [9.17, 15) is 0 Å². The first-order valence-corrected chi connectivity index (χ1v) is 5.63. The number of anilines is 1. The lowest BCUT2D eigenvalue weighted by molar-refractivity contribution is 0.659. The van der Waals surface area contributed by atoms with E-state index in [0.717, 1.165) is 30.4 Å². The quantitative estimate of drug-likeness (QED) is 0.802. The van der Waals surface area contributed by atoms with E-state index in [1.54, 1.807) is 0 Å². The van der Waals surface area contributed by atoms with E-state index in [-0.39, 0.29) is 6.04 Å². The summed E-state index contributed by atoms with van der Waals surface area (Å²) in [6, 6.07) is 4.23. The average molecular weight is 205 g/mol. The molecule has 0 radical (unpaired) electrons. The molecule has 2 heterocycles. The Kier molecular flexibility index (Phi) is 2.91. The van der Waals surface area contributed by atoms with Crippen LogP contribution in [0.3, 0.4) is 0 Å². The molecule has 3 heteroatoms. The number of hydrogen-bond donors (Lipinski definition) is 1. The molecule has 0 spiro atoms. The van der Waals surface area contributed by atoms with Gasteiger partial charge in [-0.1, -0.05) is 13.0 Å². The molecular weight excluding hydrogens is 186 g/mol. The molecule has 2 N–H and O–H groups in total. The number of hydrogen-bond acceptors (Lipinski definition) is 3. The standard InChI is InChI=1S/C12H19N3/c1-9-5-6-15(8-9)12-4-3-11(7-14-12)10(2)13/h3-4,7,9-10H,5-6,8,13H2,1-2H3/t9?,10-/m1/s1. The van der Waals surface area contributed by atoms with E-state index < -0.39 is 0 Å². The Morgan fingerprint density at radius 3 is 2.80 bits per heavy atom. The monoisotopic (exact) mass is 205 g/mol. The smallest absolute Gasteiger partial charge is 0.128 e. The van der Waals surface area contributed by atoms with Crippen molar-refractivity contribution in [2.24, 2.45) is 11.7 Å². The summed E-state index contributed by atoms with van der Waals surface area (Å²) in [4.78, 5) is 6.81. The molecule has 2 atom stereocenters. The van der Waals surface area contributed by atoms with Crippen molar-refractivity contribution in [1.29, 1.82) is 0 Å². The molecule has 0 amide bonds. The molecule has 1 aliphatic rings. The van der Waals surface area contributed by atoms with Crippen molar-refractivity contribution in [2.45, 2.75) is 26.3 Å². The zero-order valence-corrected chi connectivity index (χ0v) is 9.48. The number of pyridine rings is 1. The van der Waals surface area contributed by atoms with Crippen LogP contribution in [-0.2, 0) is 0 Å². The SMILES string of the molecule is CC1CCN(c2ccc([C@@H](C)N)cn2)C1. The highest BCUT2D eigenvalue weighted by Crippen LogP contribution is 2.22. The van der Waals surface area contributed by atoms with Crippen molar-refractivity contribution in [3.05, 3.63) is 23.9 Å². The predicted molar refractivity (Wildman–Crippen MR) is 62.8 cm³/mol. The fraction of sp³-hybridized carbons (Fsp3) is 0.583. The summed E-state index contributed by atoms with van der Waals surface area (Å²) in [6.45, 7) is 6.53. The van der Waals surface area contributed by atoms with Crippen molar-refractivity contribution >= 4 is 5.82 Å². The maximum atomic E-state index is 5.79. The topological polar surface area (TPSA) is 42.1 Å². The molecule has 1 unspecified atom stereocenters. The van der Waals surface area contributed by atoms with Crippen LogP contribution in [0, 0.1) is 5.92 Å². The van der Waals surface area contributed by atoms with Crippen molar-refractivity contribution in [3.63, 3.8) is 0 Å². The third-order valence-electron chi connectivity index (χ3n) is 3.04. The molecule has 1 saturated heterocycles. The second-order valence-electron chi connectivity index (χ2n) is 4.58. The van der Waals surface area contributed by atoms with Gasteiger partial charge in [-0.3, -0.25) is 0 Å². The van der Waals surface area contributed by atoms with E-state index in [1.807, 2.05) is 13.1 Å². The van der Waals surface area contributed by atoms with E-state index in [0.29, 0.717) is 0 Å². The zero-order valence-electron chi connectivity index (χ0n) is 9.48. The van der Waals surface area contributed by atoms with Gasteiger partial charge in [-0.05, 0) is 30.9 Å². The summed E-state index contributed by atoms with van der Waals surface area (Å²) < 4.78 is 0. The van der Waals surface area contributed by atoms with E-state index >= 15 is 0 Å². The van der Waals surface area contributed by atoms with Gasteiger partial charge in [0.1, 0.15) is 5.82 Å². The molecule has 15 heavy (non-hydrogen) atoms. The van der Waals surface area contributed by atoms with E-state index in [4.69, 9.17) is 5.73 Å². The minimum Gasteiger partial charge on any atom is -0.356 e. The molecule has 3 nitrogen and oxygen atoms in total. The molecule has 2 rings (SSSR count). The first kappa shape index (κ1) is 10.4. The van der Waals surface area contributed by atoms with Crippen molar-refractivity contribution in [3.8, 4) is 0 Å². The predicted octanol–water partition coefficient (Wildman–Crippen LogP) is 1.95. The first-order chi connectivity index (χ1) is 7.16. The Morgan fingerprint density at radius 1 is 1.53 bits per heavy atom. The molecule has 1 aromatic heterocycles. The van der Waals surface area contributed by atoms with Gasteiger partial charge in [0.25, 0.3) is 0 Å². The fourth-order valence-electron chi connectivity index (χ4n) is 2.00. The van der Waals surface area contributed by atoms with Gasteiger partial charge in [-0.25, -0.2) is 4.98 Å².